The second-order valence-corrected chi connectivity index (χ2v) is 10.8. The Morgan fingerprint density at radius 2 is 1.81 bits per heavy atom. The lowest BCUT2D eigenvalue weighted by molar-refractivity contribution is 0.194. The summed E-state index contributed by atoms with van der Waals surface area (Å²) in [6, 6.07) is 17.8. The van der Waals surface area contributed by atoms with Crippen LogP contribution in [0.15, 0.2) is 60.8 Å². The minimum Gasteiger partial charge on any atom is -0.493 e. The van der Waals surface area contributed by atoms with Crippen LogP contribution in [0, 0.1) is 6.92 Å². The zero-order valence-electron chi connectivity index (χ0n) is 21.4. The van der Waals surface area contributed by atoms with E-state index in [0.29, 0.717) is 23.7 Å². The molecule has 1 atom stereocenters. The predicted octanol–water partition coefficient (Wildman–Crippen LogP) is 6.88. The van der Waals surface area contributed by atoms with Crippen LogP contribution in [0.3, 0.4) is 0 Å². The molecule has 0 spiro atoms. The first-order chi connectivity index (χ1) is 18.1. The highest BCUT2D eigenvalue weighted by Gasteiger charge is 2.36. The van der Waals surface area contributed by atoms with Crippen LogP contribution in [-0.4, -0.2) is 29.7 Å². The number of thiophene rings is 1. The van der Waals surface area contributed by atoms with E-state index in [0.717, 1.165) is 24.1 Å². The molecule has 0 bridgehead atoms. The van der Waals surface area contributed by atoms with Crippen LogP contribution in [-0.2, 0) is 19.4 Å². The molecule has 2 amide bonds. The third-order valence-corrected chi connectivity index (χ3v) is 8.77. The van der Waals surface area contributed by atoms with Crippen molar-refractivity contribution >= 4 is 23.1 Å². The van der Waals surface area contributed by atoms with Gasteiger partial charge in [0.1, 0.15) is 5.00 Å². The molecule has 1 unspecified atom stereocenters. The molecule has 2 aromatic heterocycles. The standard InChI is InChI=1S/C30H31N3O3S/c1-19-8-6-9-20(16-19)28-24-11-7-15-32(24)29-23(22-10-4-5-12-27(22)37-29)18-33(28)30(34)31-21-13-14-25(35-2)26(17-21)36-3/h6-9,11,13-17,28H,4-5,10,12,18H2,1-3H3,(H,31,34). The normalized spacial score (nSPS) is 16.3. The number of nitrogens with zero attached hydrogens (tertiary/aromatic N) is 2. The van der Waals surface area contributed by atoms with E-state index in [1.807, 2.05) is 28.4 Å². The summed E-state index contributed by atoms with van der Waals surface area (Å²) in [7, 11) is 3.20. The van der Waals surface area contributed by atoms with Gasteiger partial charge in [-0.3, -0.25) is 0 Å². The van der Waals surface area contributed by atoms with E-state index in [4.69, 9.17) is 9.47 Å². The average molecular weight is 514 g/mol. The number of methoxy groups -OCH3 is 2. The van der Waals surface area contributed by atoms with Gasteiger partial charge in [-0.25, -0.2) is 4.79 Å². The van der Waals surface area contributed by atoms with Crippen LogP contribution in [0.4, 0.5) is 10.5 Å². The van der Waals surface area contributed by atoms with E-state index >= 15 is 0 Å². The summed E-state index contributed by atoms with van der Waals surface area (Å²) in [5.74, 6) is 1.20. The summed E-state index contributed by atoms with van der Waals surface area (Å²) in [5.41, 5.74) is 6.77. The summed E-state index contributed by atoms with van der Waals surface area (Å²) in [5, 5.41) is 4.41. The zero-order valence-corrected chi connectivity index (χ0v) is 22.2. The molecule has 0 saturated carbocycles. The summed E-state index contributed by atoms with van der Waals surface area (Å²) >= 11 is 1.90. The van der Waals surface area contributed by atoms with Crippen LogP contribution in [0.5, 0.6) is 11.5 Å². The maximum atomic E-state index is 14.1. The summed E-state index contributed by atoms with van der Waals surface area (Å²) in [6.07, 6.45) is 6.80. The number of carbonyl (C=O) groups excluding carboxylic acids is 1. The predicted molar refractivity (Wildman–Crippen MR) is 147 cm³/mol. The van der Waals surface area contributed by atoms with Crippen molar-refractivity contribution < 1.29 is 14.3 Å². The van der Waals surface area contributed by atoms with E-state index in [1.165, 1.54) is 39.4 Å². The van der Waals surface area contributed by atoms with Gasteiger partial charge in [-0.2, -0.15) is 0 Å². The minimum absolute atomic E-state index is 0.143. The lowest BCUT2D eigenvalue weighted by Crippen LogP contribution is -2.38. The molecule has 37 heavy (non-hydrogen) atoms. The number of hydrogen-bond acceptors (Lipinski definition) is 4. The number of rotatable bonds is 4. The molecule has 0 fully saturated rings. The number of urea groups is 1. The molecule has 1 aliphatic heterocycles. The van der Waals surface area contributed by atoms with Gasteiger partial charge in [0.05, 0.1) is 32.5 Å². The molecule has 6 rings (SSSR count). The van der Waals surface area contributed by atoms with Crippen LogP contribution >= 0.6 is 11.3 Å². The first kappa shape index (κ1) is 23.7. The smallest absolute Gasteiger partial charge is 0.322 e. The summed E-state index contributed by atoms with van der Waals surface area (Å²) < 4.78 is 13.2. The van der Waals surface area contributed by atoms with Crippen LogP contribution < -0.4 is 14.8 Å². The van der Waals surface area contributed by atoms with E-state index in [-0.39, 0.29) is 12.1 Å². The van der Waals surface area contributed by atoms with Crippen LogP contribution in [0.25, 0.3) is 5.00 Å². The Hall–Kier alpha value is -3.71. The number of ether oxygens (including phenoxy) is 2. The topological polar surface area (TPSA) is 55.7 Å². The maximum absolute atomic E-state index is 14.1. The maximum Gasteiger partial charge on any atom is 0.322 e. The van der Waals surface area contributed by atoms with Gasteiger partial charge in [0.25, 0.3) is 0 Å². The highest BCUT2D eigenvalue weighted by atomic mass is 32.1. The largest absolute Gasteiger partial charge is 0.493 e. The number of amides is 2. The fraction of sp³-hybridized carbons (Fsp3) is 0.300. The molecule has 1 N–H and O–H groups in total. The monoisotopic (exact) mass is 513 g/mol. The van der Waals surface area contributed by atoms with Crippen molar-refractivity contribution in [2.45, 2.75) is 45.2 Å². The molecule has 2 aliphatic rings. The molecule has 1 aliphatic carbocycles. The molecular weight excluding hydrogens is 482 g/mol. The van der Waals surface area contributed by atoms with Gasteiger partial charge in [-0.1, -0.05) is 29.8 Å². The molecule has 6 nitrogen and oxygen atoms in total. The van der Waals surface area contributed by atoms with Gasteiger partial charge >= 0.3 is 6.03 Å². The quantitative estimate of drug-likeness (QED) is 0.324. The van der Waals surface area contributed by atoms with Crippen molar-refractivity contribution in [1.29, 1.82) is 0 Å². The van der Waals surface area contributed by atoms with Crippen molar-refractivity contribution in [2.24, 2.45) is 0 Å². The summed E-state index contributed by atoms with van der Waals surface area (Å²) in [4.78, 5) is 17.6. The van der Waals surface area contributed by atoms with Crippen molar-refractivity contribution in [3.8, 4) is 16.5 Å². The van der Waals surface area contributed by atoms with Crippen LogP contribution in [0.2, 0.25) is 0 Å². The number of anilines is 1. The van der Waals surface area contributed by atoms with Gasteiger partial charge in [0, 0.05) is 28.4 Å². The SMILES string of the molecule is COc1ccc(NC(=O)N2Cc3c(sc4c3CCCC4)-n3cccc3C2c2cccc(C)c2)cc1OC. The number of benzene rings is 2. The molecule has 0 radical (unpaired) electrons. The number of fused-ring (bicyclic) bond motifs is 5. The molecule has 190 valence electrons. The van der Waals surface area contributed by atoms with Crippen molar-refractivity contribution in [1.82, 2.24) is 9.47 Å². The number of carbonyl (C=O) groups is 1. The fourth-order valence-corrected chi connectivity index (χ4v) is 7.09. The Labute approximate surface area is 221 Å². The van der Waals surface area contributed by atoms with E-state index < -0.39 is 0 Å². The second-order valence-electron chi connectivity index (χ2n) is 9.74. The first-order valence-electron chi connectivity index (χ1n) is 12.7. The van der Waals surface area contributed by atoms with Gasteiger partial charge in [-0.15, -0.1) is 11.3 Å². The molecular formula is C30H31N3O3S. The third-order valence-electron chi connectivity index (χ3n) is 7.43. The molecule has 2 aromatic carbocycles. The van der Waals surface area contributed by atoms with Crippen molar-refractivity contribution in [3.05, 3.63) is 93.6 Å². The Morgan fingerprint density at radius 3 is 2.62 bits per heavy atom. The van der Waals surface area contributed by atoms with Gasteiger partial charge in [-0.05, 0) is 68.0 Å². The lowest BCUT2D eigenvalue weighted by atomic mass is 9.95. The Balaban J connectivity index is 1.47. The van der Waals surface area contributed by atoms with Gasteiger partial charge < -0.3 is 24.3 Å². The minimum atomic E-state index is -0.228. The Morgan fingerprint density at radius 1 is 0.973 bits per heavy atom. The average Bonchev–Trinajstić information content (AvgIpc) is 3.50. The Kier molecular flexibility index (Phi) is 6.16. The third kappa shape index (κ3) is 4.17. The molecule has 4 aromatic rings. The van der Waals surface area contributed by atoms with Gasteiger partial charge in [0.15, 0.2) is 11.5 Å². The lowest BCUT2D eigenvalue weighted by Gasteiger charge is -2.31. The van der Waals surface area contributed by atoms with Gasteiger partial charge in [0.2, 0.25) is 0 Å². The number of hydrogen-bond donors (Lipinski definition) is 1. The number of aromatic nitrogens is 1. The second kappa shape index (κ2) is 9.63. The fourth-order valence-electron chi connectivity index (χ4n) is 5.69. The summed E-state index contributed by atoms with van der Waals surface area (Å²) in [6.45, 7) is 2.65. The van der Waals surface area contributed by atoms with Crippen molar-refractivity contribution in [2.75, 3.05) is 19.5 Å². The van der Waals surface area contributed by atoms with Crippen molar-refractivity contribution in [3.63, 3.8) is 0 Å². The van der Waals surface area contributed by atoms with Crippen LogP contribution in [0.1, 0.15) is 51.7 Å². The van der Waals surface area contributed by atoms with E-state index in [2.05, 4.69) is 59.4 Å². The highest BCUT2D eigenvalue weighted by Crippen LogP contribution is 2.44. The zero-order chi connectivity index (χ0) is 25.5. The molecule has 7 heteroatoms. The highest BCUT2D eigenvalue weighted by molar-refractivity contribution is 7.15. The first-order valence-corrected chi connectivity index (χ1v) is 13.6. The molecule has 0 saturated heterocycles. The number of aryl methyl sites for hydroxylation is 2. The molecule has 3 heterocycles. The van der Waals surface area contributed by atoms with E-state index in [9.17, 15) is 4.79 Å². The Bertz CT molecular complexity index is 1470. The number of nitrogens with one attached hydrogen (secondary N) is 1. The van der Waals surface area contributed by atoms with E-state index in [1.54, 1.807) is 20.3 Å².